The highest BCUT2D eigenvalue weighted by Crippen LogP contribution is 2.24. The van der Waals surface area contributed by atoms with Crippen LogP contribution in [0.4, 0.5) is 5.82 Å². The molecule has 0 atom stereocenters. The molecule has 0 amide bonds. The molecule has 0 aliphatic heterocycles. The van der Waals surface area contributed by atoms with Gasteiger partial charge in [0, 0.05) is 18.7 Å². The van der Waals surface area contributed by atoms with Gasteiger partial charge in [0.2, 0.25) is 5.82 Å². The predicted octanol–water partition coefficient (Wildman–Crippen LogP) is 3.90. The standard InChI is InChI=1S/C21H21N3O2/c1-2-26-21(25)20-22-14-13-19(24-20)23-15-18(16-9-5-3-6-10-16)17-11-7-4-8-12-17/h3-14,18H,2,15H2,1H3,(H,22,23,24). The van der Waals surface area contributed by atoms with E-state index in [1.54, 1.807) is 19.2 Å². The monoisotopic (exact) mass is 347 g/mol. The van der Waals surface area contributed by atoms with E-state index in [-0.39, 0.29) is 11.7 Å². The maximum absolute atomic E-state index is 11.8. The van der Waals surface area contributed by atoms with Gasteiger partial charge in [-0.3, -0.25) is 0 Å². The second-order valence-electron chi connectivity index (χ2n) is 5.74. The molecule has 5 heteroatoms. The molecule has 0 aliphatic carbocycles. The summed E-state index contributed by atoms with van der Waals surface area (Å²) in [6, 6.07) is 22.4. The Morgan fingerprint density at radius 1 is 1.00 bits per heavy atom. The van der Waals surface area contributed by atoms with E-state index in [9.17, 15) is 4.79 Å². The number of hydrogen-bond acceptors (Lipinski definition) is 5. The van der Waals surface area contributed by atoms with Crippen LogP contribution in [0.25, 0.3) is 0 Å². The molecule has 0 bridgehead atoms. The predicted molar refractivity (Wildman–Crippen MR) is 101 cm³/mol. The minimum Gasteiger partial charge on any atom is -0.460 e. The highest BCUT2D eigenvalue weighted by Gasteiger charge is 2.15. The Labute approximate surface area is 153 Å². The van der Waals surface area contributed by atoms with Crippen molar-refractivity contribution in [1.82, 2.24) is 9.97 Å². The summed E-state index contributed by atoms with van der Waals surface area (Å²) in [7, 11) is 0. The number of hydrogen-bond donors (Lipinski definition) is 1. The number of nitrogens with one attached hydrogen (secondary N) is 1. The van der Waals surface area contributed by atoms with Gasteiger partial charge in [0.1, 0.15) is 5.82 Å². The van der Waals surface area contributed by atoms with Crippen molar-refractivity contribution < 1.29 is 9.53 Å². The number of carbonyl (C=O) groups is 1. The Hall–Kier alpha value is -3.21. The molecule has 0 spiro atoms. The molecule has 132 valence electrons. The zero-order valence-corrected chi connectivity index (χ0v) is 14.6. The van der Waals surface area contributed by atoms with Gasteiger partial charge in [-0.05, 0) is 24.1 Å². The molecule has 1 N–H and O–H groups in total. The molecule has 0 fully saturated rings. The quantitative estimate of drug-likeness (QED) is 0.657. The highest BCUT2D eigenvalue weighted by molar-refractivity contribution is 5.85. The zero-order chi connectivity index (χ0) is 18.2. The smallest absolute Gasteiger partial charge is 0.376 e. The van der Waals surface area contributed by atoms with Crippen molar-refractivity contribution in [3.63, 3.8) is 0 Å². The molecule has 0 aliphatic rings. The third-order valence-corrected chi connectivity index (χ3v) is 4.00. The van der Waals surface area contributed by atoms with Crippen molar-refractivity contribution in [2.75, 3.05) is 18.5 Å². The van der Waals surface area contributed by atoms with Gasteiger partial charge in [-0.1, -0.05) is 60.7 Å². The highest BCUT2D eigenvalue weighted by atomic mass is 16.5. The topological polar surface area (TPSA) is 64.1 Å². The van der Waals surface area contributed by atoms with E-state index in [2.05, 4.69) is 39.6 Å². The van der Waals surface area contributed by atoms with Crippen LogP contribution in [0, 0.1) is 0 Å². The second kappa shape index (κ2) is 8.76. The molecule has 1 heterocycles. The lowest BCUT2D eigenvalue weighted by molar-refractivity contribution is 0.0512. The molecule has 0 radical (unpaired) electrons. The number of carbonyl (C=O) groups excluding carboxylic acids is 1. The van der Waals surface area contributed by atoms with Gasteiger partial charge in [-0.15, -0.1) is 0 Å². The molecule has 2 aromatic carbocycles. The molecule has 3 rings (SSSR count). The minimum atomic E-state index is -0.515. The van der Waals surface area contributed by atoms with E-state index >= 15 is 0 Å². The molecule has 1 aromatic heterocycles. The first-order valence-corrected chi connectivity index (χ1v) is 8.62. The third kappa shape index (κ3) is 4.45. The van der Waals surface area contributed by atoms with Gasteiger partial charge in [0.05, 0.1) is 6.61 Å². The van der Waals surface area contributed by atoms with Gasteiger partial charge in [-0.2, -0.15) is 0 Å². The third-order valence-electron chi connectivity index (χ3n) is 4.00. The van der Waals surface area contributed by atoms with Gasteiger partial charge in [0.15, 0.2) is 0 Å². The average molecular weight is 347 g/mol. The summed E-state index contributed by atoms with van der Waals surface area (Å²) in [6.45, 7) is 2.70. The fourth-order valence-corrected chi connectivity index (χ4v) is 2.76. The minimum absolute atomic E-state index is 0.0628. The van der Waals surface area contributed by atoms with Crippen LogP contribution < -0.4 is 5.32 Å². The average Bonchev–Trinajstić information content (AvgIpc) is 2.70. The molecule has 0 unspecified atom stereocenters. The Balaban J connectivity index is 1.79. The lowest BCUT2D eigenvalue weighted by Crippen LogP contribution is -2.16. The Morgan fingerprint density at radius 3 is 2.19 bits per heavy atom. The summed E-state index contributed by atoms with van der Waals surface area (Å²) in [4.78, 5) is 20.0. The summed E-state index contributed by atoms with van der Waals surface area (Å²) in [6.07, 6.45) is 1.56. The molecule has 26 heavy (non-hydrogen) atoms. The Morgan fingerprint density at radius 2 is 1.62 bits per heavy atom. The van der Waals surface area contributed by atoms with E-state index in [0.717, 1.165) is 0 Å². The summed E-state index contributed by atoms with van der Waals surface area (Å²) in [5.41, 5.74) is 2.43. The maximum Gasteiger partial charge on any atom is 0.376 e. The van der Waals surface area contributed by atoms with Crippen LogP contribution in [0.1, 0.15) is 34.6 Å². The number of benzene rings is 2. The van der Waals surface area contributed by atoms with E-state index in [1.165, 1.54) is 11.1 Å². The molecule has 5 nitrogen and oxygen atoms in total. The van der Waals surface area contributed by atoms with E-state index in [4.69, 9.17) is 4.74 Å². The van der Waals surface area contributed by atoms with Crippen LogP contribution in [-0.2, 0) is 4.74 Å². The number of rotatable bonds is 7. The molecular weight excluding hydrogens is 326 g/mol. The normalized spacial score (nSPS) is 10.5. The van der Waals surface area contributed by atoms with Gasteiger partial charge < -0.3 is 10.1 Å². The van der Waals surface area contributed by atoms with Crippen LogP contribution >= 0.6 is 0 Å². The van der Waals surface area contributed by atoms with E-state index in [1.807, 2.05) is 36.4 Å². The summed E-state index contributed by atoms with van der Waals surface area (Å²) >= 11 is 0. The van der Waals surface area contributed by atoms with Crippen LogP contribution in [0.3, 0.4) is 0 Å². The van der Waals surface area contributed by atoms with E-state index in [0.29, 0.717) is 19.0 Å². The number of ether oxygens (including phenoxy) is 1. The second-order valence-corrected chi connectivity index (χ2v) is 5.74. The maximum atomic E-state index is 11.8. The molecule has 0 saturated carbocycles. The van der Waals surface area contributed by atoms with Crippen molar-refractivity contribution in [3.8, 4) is 0 Å². The van der Waals surface area contributed by atoms with Crippen LogP contribution in [-0.4, -0.2) is 29.1 Å². The first-order valence-electron chi connectivity index (χ1n) is 8.62. The van der Waals surface area contributed by atoms with Crippen LogP contribution in [0.5, 0.6) is 0 Å². The SMILES string of the molecule is CCOC(=O)c1nccc(NCC(c2ccccc2)c2ccccc2)n1. The summed E-state index contributed by atoms with van der Waals surface area (Å²) in [5, 5.41) is 3.32. The molecular formula is C21H21N3O2. The number of nitrogens with zero attached hydrogens (tertiary/aromatic N) is 2. The van der Waals surface area contributed by atoms with Crippen LogP contribution in [0.15, 0.2) is 72.9 Å². The van der Waals surface area contributed by atoms with Crippen LogP contribution in [0.2, 0.25) is 0 Å². The lowest BCUT2D eigenvalue weighted by Gasteiger charge is -2.19. The first kappa shape index (κ1) is 17.6. The fraction of sp³-hybridized carbons (Fsp3) is 0.190. The Kier molecular flexibility index (Phi) is 5.93. The number of anilines is 1. The molecule has 0 saturated heterocycles. The number of esters is 1. The summed E-state index contributed by atoms with van der Waals surface area (Å²) in [5.74, 6) is 0.310. The van der Waals surface area contributed by atoms with Crippen molar-refractivity contribution in [2.45, 2.75) is 12.8 Å². The summed E-state index contributed by atoms with van der Waals surface area (Å²) < 4.78 is 4.96. The zero-order valence-electron chi connectivity index (χ0n) is 14.6. The van der Waals surface area contributed by atoms with Gasteiger partial charge in [0.25, 0.3) is 0 Å². The van der Waals surface area contributed by atoms with Crippen molar-refractivity contribution in [3.05, 3.63) is 89.9 Å². The van der Waals surface area contributed by atoms with E-state index < -0.39 is 5.97 Å². The van der Waals surface area contributed by atoms with Gasteiger partial charge >= 0.3 is 5.97 Å². The Bertz CT molecular complexity index is 799. The fourth-order valence-electron chi connectivity index (χ4n) is 2.76. The molecule has 3 aromatic rings. The van der Waals surface area contributed by atoms with Crippen molar-refractivity contribution in [2.24, 2.45) is 0 Å². The first-order chi connectivity index (χ1) is 12.8. The van der Waals surface area contributed by atoms with Crippen molar-refractivity contribution >= 4 is 11.8 Å². The lowest BCUT2D eigenvalue weighted by atomic mass is 9.91. The largest absolute Gasteiger partial charge is 0.460 e. The van der Waals surface area contributed by atoms with Gasteiger partial charge in [-0.25, -0.2) is 14.8 Å². The van der Waals surface area contributed by atoms with Crippen molar-refractivity contribution in [1.29, 1.82) is 0 Å². The number of aromatic nitrogens is 2.